The second-order valence-corrected chi connectivity index (χ2v) is 3.57. The molecule has 0 bridgehead atoms. The predicted octanol–water partition coefficient (Wildman–Crippen LogP) is 2.52. The molecule has 0 atom stereocenters. The lowest BCUT2D eigenvalue weighted by Gasteiger charge is -2.08. The topological polar surface area (TPSA) is 61.0 Å². The molecule has 0 amide bonds. The third kappa shape index (κ3) is 2.51. The minimum Gasteiger partial charge on any atom is -0.434 e. The number of hydrogen-bond donors (Lipinski definition) is 1. The molecule has 0 aliphatic rings. The van der Waals surface area contributed by atoms with Crippen molar-refractivity contribution < 1.29 is 9.13 Å². The van der Waals surface area contributed by atoms with Crippen molar-refractivity contribution in [3.63, 3.8) is 0 Å². The third-order valence-electron chi connectivity index (χ3n) is 2.05. The maximum atomic E-state index is 13.6. The predicted molar refractivity (Wildman–Crippen MR) is 61.4 cm³/mol. The number of nitrogens with two attached hydrogens (primary N) is 1. The fourth-order valence-corrected chi connectivity index (χ4v) is 1.41. The first kappa shape index (κ1) is 11.8. The molecule has 2 N–H and O–H groups in total. The molecule has 4 nitrogen and oxygen atoms in total. The summed E-state index contributed by atoms with van der Waals surface area (Å²) >= 11 is 5.64. The SMILES string of the molecule is NCc1nccnc1Oc1cccc(Cl)c1F. The Morgan fingerprint density at radius 2 is 2.06 bits per heavy atom. The number of ether oxygens (including phenoxy) is 1. The van der Waals surface area contributed by atoms with Gasteiger partial charge in [0.15, 0.2) is 11.6 Å². The maximum Gasteiger partial charge on any atom is 0.242 e. The van der Waals surface area contributed by atoms with E-state index in [9.17, 15) is 4.39 Å². The highest BCUT2D eigenvalue weighted by Crippen LogP contribution is 2.28. The lowest BCUT2D eigenvalue weighted by atomic mass is 10.3. The highest BCUT2D eigenvalue weighted by Gasteiger charge is 2.11. The minimum atomic E-state index is -0.636. The molecule has 0 aliphatic heterocycles. The van der Waals surface area contributed by atoms with E-state index in [2.05, 4.69) is 9.97 Å². The summed E-state index contributed by atoms with van der Waals surface area (Å²) < 4.78 is 18.9. The zero-order chi connectivity index (χ0) is 12.3. The lowest BCUT2D eigenvalue weighted by molar-refractivity contribution is 0.419. The van der Waals surface area contributed by atoms with Gasteiger partial charge in [0.2, 0.25) is 5.88 Å². The van der Waals surface area contributed by atoms with Crippen molar-refractivity contribution in [2.75, 3.05) is 0 Å². The molecule has 0 saturated carbocycles. The zero-order valence-corrected chi connectivity index (χ0v) is 9.49. The standard InChI is InChI=1S/C11H9ClFN3O/c12-7-2-1-3-9(10(7)13)17-11-8(6-14)15-4-5-16-11/h1-5H,6,14H2. The van der Waals surface area contributed by atoms with E-state index < -0.39 is 5.82 Å². The van der Waals surface area contributed by atoms with Crippen LogP contribution in [0.25, 0.3) is 0 Å². The van der Waals surface area contributed by atoms with Gasteiger partial charge < -0.3 is 10.5 Å². The van der Waals surface area contributed by atoms with Gasteiger partial charge in [-0.3, -0.25) is 4.98 Å². The molecule has 2 aromatic rings. The molecule has 2 rings (SSSR count). The molecule has 0 unspecified atom stereocenters. The van der Waals surface area contributed by atoms with Crippen LogP contribution in [0, 0.1) is 5.82 Å². The van der Waals surface area contributed by atoms with Crippen LogP contribution in [-0.2, 0) is 6.54 Å². The van der Waals surface area contributed by atoms with Crippen LogP contribution in [0.4, 0.5) is 4.39 Å². The Bertz CT molecular complexity index is 536. The van der Waals surface area contributed by atoms with E-state index in [1.54, 1.807) is 6.07 Å². The van der Waals surface area contributed by atoms with Crippen molar-refractivity contribution in [2.45, 2.75) is 6.54 Å². The Morgan fingerprint density at radius 1 is 1.29 bits per heavy atom. The first-order valence-corrected chi connectivity index (χ1v) is 5.22. The molecule has 88 valence electrons. The third-order valence-corrected chi connectivity index (χ3v) is 2.34. The van der Waals surface area contributed by atoms with Crippen LogP contribution >= 0.6 is 11.6 Å². The normalized spacial score (nSPS) is 10.3. The van der Waals surface area contributed by atoms with Gasteiger partial charge in [-0.2, -0.15) is 0 Å². The fraction of sp³-hybridized carbons (Fsp3) is 0.0909. The summed E-state index contributed by atoms with van der Waals surface area (Å²) in [7, 11) is 0. The summed E-state index contributed by atoms with van der Waals surface area (Å²) in [5, 5.41) is -0.0133. The van der Waals surface area contributed by atoms with Crippen molar-refractivity contribution in [3.05, 3.63) is 47.1 Å². The highest BCUT2D eigenvalue weighted by atomic mass is 35.5. The Hall–Kier alpha value is -1.72. The average Bonchev–Trinajstić information content (AvgIpc) is 2.35. The van der Waals surface area contributed by atoms with E-state index in [-0.39, 0.29) is 23.2 Å². The van der Waals surface area contributed by atoms with Crippen molar-refractivity contribution in [3.8, 4) is 11.6 Å². The van der Waals surface area contributed by atoms with Crippen molar-refractivity contribution in [2.24, 2.45) is 5.73 Å². The second-order valence-electron chi connectivity index (χ2n) is 3.17. The van der Waals surface area contributed by atoms with Gasteiger partial charge in [-0.25, -0.2) is 9.37 Å². The molecule has 1 aromatic heterocycles. The second kappa shape index (κ2) is 5.07. The first-order valence-electron chi connectivity index (χ1n) is 4.84. The summed E-state index contributed by atoms with van der Waals surface area (Å²) in [5.41, 5.74) is 5.92. The first-order chi connectivity index (χ1) is 8.22. The van der Waals surface area contributed by atoms with E-state index in [1.165, 1.54) is 24.5 Å². The van der Waals surface area contributed by atoms with E-state index in [4.69, 9.17) is 22.1 Å². The van der Waals surface area contributed by atoms with Gasteiger partial charge >= 0.3 is 0 Å². The Kier molecular flexibility index (Phi) is 3.51. The Labute approximate surface area is 102 Å². The van der Waals surface area contributed by atoms with Crippen LogP contribution in [0.2, 0.25) is 5.02 Å². The molecular weight excluding hydrogens is 245 g/mol. The largest absolute Gasteiger partial charge is 0.434 e. The average molecular weight is 254 g/mol. The lowest BCUT2D eigenvalue weighted by Crippen LogP contribution is -2.04. The van der Waals surface area contributed by atoms with Crippen LogP contribution in [0.1, 0.15) is 5.69 Å². The molecule has 17 heavy (non-hydrogen) atoms. The summed E-state index contributed by atoms with van der Waals surface area (Å²) in [5.74, 6) is -0.466. The number of hydrogen-bond acceptors (Lipinski definition) is 4. The molecule has 0 radical (unpaired) electrons. The van der Waals surface area contributed by atoms with Crippen LogP contribution in [0.3, 0.4) is 0 Å². The Balaban J connectivity index is 2.35. The molecule has 1 heterocycles. The van der Waals surface area contributed by atoms with Crippen LogP contribution in [0.5, 0.6) is 11.6 Å². The summed E-state index contributed by atoms with van der Waals surface area (Å²) in [6.07, 6.45) is 2.93. The monoisotopic (exact) mass is 253 g/mol. The van der Waals surface area contributed by atoms with Gasteiger partial charge in [-0.15, -0.1) is 0 Å². The fourth-order valence-electron chi connectivity index (χ4n) is 1.25. The van der Waals surface area contributed by atoms with Crippen LogP contribution < -0.4 is 10.5 Å². The number of aromatic nitrogens is 2. The van der Waals surface area contributed by atoms with Crippen LogP contribution in [0.15, 0.2) is 30.6 Å². The number of rotatable bonds is 3. The molecule has 0 fully saturated rings. The van der Waals surface area contributed by atoms with E-state index in [0.717, 1.165) is 0 Å². The van der Waals surface area contributed by atoms with Gasteiger partial charge in [0, 0.05) is 18.9 Å². The van der Waals surface area contributed by atoms with Gasteiger partial charge in [-0.1, -0.05) is 17.7 Å². The van der Waals surface area contributed by atoms with Crippen LogP contribution in [-0.4, -0.2) is 9.97 Å². The quantitative estimate of drug-likeness (QED) is 0.913. The van der Waals surface area contributed by atoms with Crippen molar-refractivity contribution in [1.82, 2.24) is 9.97 Å². The number of nitrogens with zero attached hydrogens (tertiary/aromatic N) is 2. The van der Waals surface area contributed by atoms with Gasteiger partial charge in [0.1, 0.15) is 5.69 Å². The van der Waals surface area contributed by atoms with E-state index in [1.807, 2.05) is 0 Å². The minimum absolute atomic E-state index is 0.00676. The van der Waals surface area contributed by atoms with Gasteiger partial charge in [0.05, 0.1) is 5.02 Å². The molecule has 1 aromatic carbocycles. The molecule has 0 spiro atoms. The highest BCUT2D eigenvalue weighted by molar-refractivity contribution is 6.30. The number of benzene rings is 1. The molecule has 0 saturated heterocycles. The summed E-state index contributed by atoms with van der Waals surface area (Å²) in [4.78, 5) is 7.92. The van der Waals surface area contributed by atoms with Gasteiger partial charge in [0.25, 0.3) is 0 Å². The Morgan fingerprint density at radius 3 is 2.82 bits per heavy atom. The molecular formula is C11H9ClFN3O. The summed E-state index contributed by atoms with van der Waals surface area (Å²) in [6, 6.07) is 4.47. The molecule has 6 heteroatoms. The maximum absolute atomic E-state index is 13.6. The zero-order valence-electron chi connectivity index (χ0n) is 8.73. The van der Waals surface area contributed by atoms with E-state index >= 15 is 0 Å². The van der Waals surface area contributed by atoms with Crippen molar-refractivity contribution >= 4 is 11.6 Å². The molecule has 0 aliphatic carbocycles. The van der Waals surface area contributed by atoms with Gasteiger partial charge in [-0.05, 0) is 12.1 Å². The number of halogens is 2. The van der Waals surface area contributed by atoms with E-state index in [0.29, 0.717) is 5.69 Å². The summed E-state index contributed by atoms with van der Waals surface area (Å²) in [6.45, 7) is 0.158. The van der Waals surface area contributed by atoms with Crippen molar-refractivity contribution in [1.29, 1.82) is 0 Å². The smallest absolute Gasteiger partial charge is 0.242 e.